The summed E-state index contributed by atoms with van der Waals surface area (Å²) in [6.07, 6.45) is 3.79. The minimum absolute atomic E-state index is 0.125. The number of hydrogen-bond acceptors (Lipinski definition) is 4. The molecule has 2 aromatic heterocycles. The number of nitrogens with zero attached hydrogens (tertiary/aromatic N) is 3. The van der Waals surface area contributed by atoms with Gasteiger partial charge in [0.15, 0.2) is 0 Å². The molecule has 20 heavy (non-hydrogen) atoms. The van der Waals surface area contributed by atoms with Crippen molar-refractivity contribution in [1.29, 1.82) is 0 Å². The highest BCUT2D eigenvalue weighted by atomic mass is 32.1. The van der Waals surface area contributed by atoms with Crippen LogP contribution in [0.2, 0.25) is 0 Å². The predicted molar refractivity (Wildman–Crippen MR) is 77.5 cm³/mol. The van der Waals surface area contributed by atoms with Gasteiger partial charge in [-0.1, -0.05) is 24.3 Å². The van der Waals surface area contributed by atoms with Crippen LogP contribution in [0.1, 0.15) is 29.8 Å². The van der Waals surface area contributed by atoms with Crippen molar-refractivity contribution in [2.45, 2.75) is 18.6 Å². The van der Waals surface area contributed by atoms with E-state index in [2.05, 4.69) is 26.7 Å². The van der Waals surface area contributed by atoms with Crippen LogP contribution in [0.15, 0.2) is 47.7 Å². The first-order valence-corrected chi connectivity index (χ1v) is 7.46. The molecule has 0 spiro atoms. The molecule has 0 bridgehead atoms. The maximum Gasteiger partial charge on any atom is 0.0991 e. The zero-order valence-corrected chi connectivity index (χ0v) is 11.5. The van der Waals surface area contributed by atoms with Crippen LogP contribution in [0, 0.1) is 0 Å². The van der Waals surface area contributed by atoms with Gasteiger partial charge in [-0.3, -0.25) is 0 Å². The Bertz CT molecular complexity index is 735. The molecule has 0 saturated heterocycles. The molecule has 2 atom stereocenters. The Kier molecular flexibility index (Phi) is 2.68. The molecule has 3 heterocycles. The molecule has 1 aromatic carbocycles. The Balaban J connectivity index is 1.72. The third-order valence-corrected chi connectivity index (χ3v) is 4.44. The molecule has 0 aliphatic carbocycles. The van der Waals surface area contributed by atoms with Crippen LogP contribution in [0.25, 0.3) is 11.3 Å². The number of aliphatic hydroxyl groups is 1. The lowest BCUT2D eigenvalue weighted by atomic mass is 9.98. The van der Waals surface area contributed by atoms with Crippen molar-refractivity contribution in [3.8, 4) is 11.3 Å². The number of aromatic nitrogens is 3. The third kappa shape index (κ3) is 1.71. The molecular weight excluding hydrogens is 270 g/mol. The quantitative estimate of drug-likeness (QED) is 0.804. The molecule has 4 rings (SSSR count). The van der Waals surface area contributed by atoms with Crippen LogP contribution in [0.3, 0.4) is 0 Å². The van der Waals surface area contributed by atoms with Crippen LogP contribution in [-0.4, -0.2) is 19.6 Å². The van der Waals surface area contributed by atoms with Crippen LogP contribution < -0.4 is 0 Å². The average Bonchev–Trinajstić information content (AvgIpc) is 3.17. The molecule has 100 valence electrons. The summed E-state index contributed by atoms with van der Waals surface area (Å²) in [5.74, 6) is 0. The van der Waals surface area contributed by atoms with E-state index in [0.29, 0.717) is 6.42 Å². The fraction of sp³-hybridized carbons (Fsp3) is 0.200. The van der Waals surface area contributed by atoms with Gasteiger partial charge in [0.1, 0.15) is 0 Å². The summed E-state index contributed by atoms with van der Waals surface area (Å²) >= 11 is 1.51. The van der Waals surface area contributed by atoms with Gasteiger partial charge in [0.05, 0.1) is 41.6 Å². The SMILES string of the molecule is OC(CC1c2ccccc2-c2cncn21)c1cscn1. The van der Waals surface area contributed by atoms with Gasteiger partial charge in [-0.05, 0) is 5.56 Å². The molecule has 0 amide bonds. The second-order valence-corrected chi connectivity index (χ2v) is 5.67. The fourth-order valence-corrected chi connectivity index (χ4v) is 3.49. The topological polar surface area (TPSA) is 50.9 Å². The smallest absolute Gasteiger partial charge is 0.0991 e. The Morgan fingerprint density at radius 2 is 2.25 bits per heavy atom. The van der Waals surface area contributed by atoms with E-state index < -0.39 is 6.10 Å². The first kappa shape index (κ1) is 11.8. The summed E-state index contributed by atoms with van der Waals surface area (Å²) in [5.41, 5.74) is 6.08. The summed E-state index contributed by atoms with van der Waals surface area (Å²) < 4.78 is 2.14. The van der Waals surface area contributed by atoms with Crippen molar-refractivity contribution in [3.05, 3.63) is 58.9 Å². The van der Waals surface area contributed by atoms with Gasteiger partial charge >= 0.3 is 0 Å². The highest BCUT2D eigenvalue weighted by molar-refractivity contribution is 7.07. The third-order valence-electron chi connectivity index (χ3n) is 3.84. The van der Waals surface area contributed by atoms with Gasteiger partial charge in [0, 0.05) is 17.4 Å². The number of aliphatic hydroxyl groups excluding tert-OH is 1. The maximum absolute atomic E-state index is 10.4. The van der Waals surface area contributed by atoms with Gasteiger partial charge < -0.3 is 9.67 Å². The largest absolute Gasteiger partial charge is 0.387 e. The van der Waals surface area contributed by atoms with Crippen molar-refractivity contribution < 1.29 is 5.11 Å². The first-order chi connectivity index (χ1) is 9.84. The monoisotopic (exact) mass is 283 g/mol. The van der Waals surface area contributed by atoms with E-state index in [0.717, 1.165) is 11.4 Å². The maximum atomic E-state index is 10.4. The molecule has 0 fully saturated rings. The highest BCUT2D eigenvalue weighted by Crippen LogP contribution is 2.42. The number of imidazole rings is 1. The van der Waals surface area contributed by atoms with E-state index in [4.69, 9.17) is 0 Å². The number of thiazole rings is 1. The van der Waals surface area contributed by atoms with Crippen LogP contribution in [-0.2, 0) is 0 Å². The molecular formula is C15H13N3OS. The number of rotatable bonds is 3. The van der Waals surface area contributed by atoms with Crippen LogP contribution >= 0.6 is 11.3 Å². The fourth-order valence-electron chi connectivity index (χ4n) is 2.89. The van der Waals surface area contributed by atoms with E-state index in [1.54, 1.807) is 5.51 Å². The summed E-state index contributed by atoms with van der Waals surface area (Å²) in [4.78, 5) is 8.43. The van der Waals surface area contributed by atoms with Crippen molar-refractivity contribution in [1.82, 2.24) is 14.5 Å². The molecule has 5 heteroatoms. The van der Waals surface area contributed by atoms with Gasteiger partial charge in [-0.25, -0.2) is 9.97 Å². The molecule has 0 radical (unpaired) electrons. The van der Waals surface area contributed by atoms with Crippen molar-refractivity contribution in [3.63, 3.8) is 0 Å². The summed E-state index contributed by atoms with van der Waals surface area (Å²) in [5, 5.41) is 12.3. The Morgan fingerprint density at radius 1 is 1.35 bits per heavy atom. The molecule has 3 aromatic rings. The van der Waals surface area contributed by atoms with Crippen molar-refractivity contribution >= 4 is 11.3 Å². The lowest BCUT2D eigenvalue weighted by Crippen LogP contribution is -2.10. The van der Waals surface area contributed by atoms with Crippen LogP contribution in [0.5, 0.6) is 0 Å². The average molecular weight is 283 g/mol. The van der Waals surface area contributed by atoms with E-state index in [9.17, 15) is 5.11 Å². The zero-order valence-electron chi connectivity index (χ0n) is 10.7. The highest BCUT2D eigenvalue weighted by Gasteiger charge is 2.30. The molecule has 1 aliphatic rings. The second-order valence-electron chi connectivity index (χ2n) is 4.95. The molecule has 1 aliphatic heterocycles. The lowest BCUT2D eigenvalue weighted by Gasteiger charge is -2.17. The lowest BCUT2D eigenvalue weighted by molar-refractivity contribution is 0.150. The molecule has 0 saturated carbocycles. The van der Waals surface area contributed by atoms with Crippen LogP contribution in [0.4, 0.5) is 0 Å². The van der Waals surface area contributed by atoms with Gasteiger partial charge in [0.25, 0.3) is 0 Å². The number of benzene rings is 1. The zero-order chi connectivity index (χ0) is 13.5. The number of fused-ring (bicyclic) bond motifs is 3. The van der Waals surface area contributed by atoms with E-state index in [1.807, 2.05) is 30.0 Å². The Labute approximate surface area is 120 Å². The second kappa shape index (κ2) is 4.54. The van der Waals surface area contributed by atoms with Gasteiger partial charge in [-0.2, -0.15) is 0 Å². The van der Waals surface area contributed by atoms with E-state index in [1.165, 1.54) is 22.5 Å². The molecule has 1 N–H and O–H groups in total. The Morgan fingerprint density at radius 3 is 3.10 bits per heavy atom. The molecule has 4 nitrogen and oxygen atoms in total. The predicted octanol–water partition coefficient (Wildman–Crippen LogP) is 3.03. The summed E-state index contributed by atoms with van der Waals surface area (Å²) in [7, 11) is 0. The minimum Gasteiger partial charge on any atom is -0.387 e. The summed E-state index contributed by atoms with van der Waals surface area (Å²) in [6.45, 7) is 0. The van der Waals surface area contributed by atoms with Crippen molar-refractivity contribution in [2.75, 3.05) is 0 Å². The first-order valence-electron chi connectivity index (χ1n) is 6.52. The minimum atomic E-state index is -0.548. The van der Waals surface area contributed by atoms with Gasteiger partial charge in [0.2, 0.25) is 0 Å². The van der Waals surface area contributed by atoms with E-state index in [-0.39, 0.29) is 6.04 Å². The number of hydrogen-bond donors (Lipinski definition) is 1. The normalized spacial score (nSPS) is 17.8. The van der Waals surface area contributed by atoms with Crippen molar-refractivity contribution in [2.24, 2.45) is 0 Å². The van der Waals surface area contributed by atoms with E-state index >= 15 is 0 Å². The van der Waals surface area contributed by atoms with Gasteiger partial charge in [-0.15, -0.1) is 11.3 Å². The Hall–Kier alpha value is -1.98. The standard InChI is InChI=1S/C15H13N3OS/c19-15(12-7-20-9-17-12)5-13-10-3-1-2-4-11(10)14-6-16-8-18(13)14/h1-4,6-9,13,15,19H,5H2. The molecule has 2 unspecified atom stereocenters. The summed E-state index contributed by atoms with van der Waals surface area (Å²) in [6, 6.07) is 8.44.